The topological polar surface area (TPSA) is 38.8 Å². The molecule has 0 saturated heterocycles. The van der Waals surface area contributed by atoms with E-state index in [4.69, 9.17) is 21.1 Å². The predicted octanol–water partition coefficient (Wildman–Crippen LogP) is 4.28. The van der Waals surface area contributed by atoms with Crippen LogP contribution in [0.25, 0.3) is 0 Å². The fourth-order valence-electron chi connectivity index (χ4n) is 2.37. The highest BCUT2D eigenvalue weighted by atomic mass is 35.5. The molecular weight excluding hydrogens is 338 g/mol. The van der Waals surface area contributed by atoms with Crippen molar-refractivity contribution in [2.24, 2.45) is 5.92 Å². The first-order chi connectivity index (χ1) is 12.1. The Hall–Kier alpha value is -2.20. The van der Waals surface area contributed by atoms with Crippen LogP contribution in [0.4, 0.5) is 0 Å². The van der Waals surface area contributed by atoms with E-state index in [0.29, 0.717) is 35.4 Å². The number of benzene rings is 2. The van der Waals surface area contributed by atoms with Gasteiger partial charge in [-0.25, -0.2) is 0 Å². The van der Waals surface area contributed by atoms with Crippen molar-refractivity contribution in [3.63, 3.8) is 0 Å². The van der Waals surface area contributed by atoms with Crippen LogP contribution in [-0.4, -0.2) is 37.6 Å². The molecule has 2 aromatic rings. The molecule has 4 nitrogen and oxygen atoms in total. The summed E-state index contributed by atoms with van der Waals surface area (Å²) in [4.78, 5) is 14.1. The van der Waals surface area contributed by atoms with Crippen molar-refractivity contribution in [1.82, 2.24) is 4.90 Å². The molecule has 5 heteroatoms. The molecule has 0 atom stereocenters. The largest absolute Gasteiger partial charge is 0.493 e. The van der Waals surface area contributed by atoms with E-state index in [1.54, 1.807) is 36.2 Å². The molecule has 0 bridgehead atoms. The Bertz CT molecular complexity index is 713. The molecule has 25 heavy (non-hydrogen) atoms. The first kappa shape index (κ1) is 17.6. The van der Waals surface area contributed by atoms with E-state index in [1.807, 2.05) is 24.3 Å². The maximum atomic E-state index is 12.4. The number of carbonyl (C=O) groups is 1. The number of hydrogen-bond donors (Lipinski definition) is 0. The van der Waals surface area contributed by atoms with Gasteiger partial charge in [-0.3, -0.25) is 4.79 Å². The molecule has 2 aromatic carbocycles. The zero-order valence-electron chi connectivity index (χ0n) is 14.3. The lowest BCUT2D eigenvalue weighted by Crippen LogP contribution is -2.30. The second-order valence-corrected chi connectivity index (χ2v) is 6.75. The smallest absolute Gasteiger partial charge is 0.253 e. The highest BCUT2D eigenvalue weighted by molar-refractivity contribution is 6.30. The third-order valence-electron chi connectivity index (χ3n) is 4.12. The Balaban J connectivity index is 1.46. The van der Waals surface area contributed by atoms with Gasteiger partial charge in [-0.05, 0) is 61.2 Å². The minimum atomic E-state index is -0.0385. The van der Waals surface area contributed by atoms with Crippen LogP contribution < -0.4 is 9.47 Å². The first-order valence-corrected chi connectivity index (χ1v) is 8.86. The highest BCUT2D eigenvalue weighted by Crippen LogP contribution is 2.29. The maximum absolute atomic E-state index is 12.4. The zero-order valence-corrected chi connectivity index (χ0v) is 15.0. The summed E-state index contributed by atoms with van der Waals surface area (Å²) in [5.41, 5.74) is 0.643. The first-order valence-electron chi connectivity index (χ1n) is 8.48. The van der Waals surface area contributed by atoms with Gasteiger partial charge in [0, 0.05) is 17.6 Å². The van der Waals surface area contributed by atoms with Crippen LogP contribution in [0.1, 0.15) is 23.2 Å². The normalized spacial score (nSPS) is 13.4. The Kier molecular flexibility index (Phi) is 5.82. The molecule has 1 aliphatic carbocycles. The van der Waals surface area contributed by atoms with Gasteiger partial charge in [-0.2, -0.15) is 0 Å². The third kappa shape index (κ3) is 5.40. The molecule has 1 amide bonds. The van der Waals surface area contributed by atoms with Crippen molar-refractivity contribution in [2.45, 2.75) is 12.8 Å². The Morgan fingerprint density at radius 2 is 1.88 bits per heavy atom. The molecule has 0 heterocycles. The average molecular weight is 360 g/mol. The molecule has 0 aliphatic heterocycles. The van der Waals surface area contributed by atoms with Crippen molar-refractivity contribution in [3.05, 3.63) is 59.1 Å². The van der Waals surface area contributed by atoms with E-state index < -0.39 is 0 Å². The lowest BCUT2D eigenvalue weighted by molar-refractivity contribution is 0.0773. The molecular formula is C20H22ClNO3. The van der Waals surface area contributed by atoms with Crippen LogP contribution >= 0.6 is 11.6 Å². The summed E-state index contributed by atoms with van der Waals surface area (Å²) in [5, 5.41) is 0.630. The van der Waals surface area contributed by atoms with E-state index >= 15 is 0 Å². The Morgan fingerprint density at radius 3 is 2.56 bits per heavy atom. The van der Waals surface area contributed by atoms with E-state index in [9.17, 15) is 4.79 Å². The summed E-state index contributed by atoms with van der Waals surface area (Å²) in [7, 11) is 1.77. The van der Waals surface area contributed by atoms with Gasteiger partial charge in [0.2, 0.25) is 0 Å². The SMILES string of the molecule is CN(CCOc1cccc(Cl)c1)C(=O)c1ccc(OCC2CC2)cc1. The van der Waals surface area contributed by atoms with Crippen LogP contribution in [0.3, 0.4) is 0 Å². The molecule has 1 aliphatic rings. The van der Waals surface area contributed by atoms with Gasteiger partial charge in [0.1, 0.15) is 18.1 Å². The predicted molar refractivity (Wildman–Crippen MR) is 98.6 cm³/mol. The van der Waals surface area contributed by atoms with Crippen molar-refractivity contribution in [1.29, 1.82) is 0 Å². The van der Waals surface area contributed by atoms with E-state index in [2.05, 4.69) is 0 Å². The summed E-state index contributed by atoms with van der Waals surface area (Å²) in [6.07, 6.45) is 2.53. The third-order valence-corrected chi connectivity index (χ3v) is 4.36. The number of ether oxygens (including phenoxy) is 2. The van der Waals surface area contributed by atoms with Gasteiger partial charge in [-0.15, -0.1) is 0 Å². The molecule has 132 valence electrons. The molecule has 1 saturated carbocycles. The summed E-state index contributed by atoms with van der Waals surface area (Å²) in [5.74, 6) is 2.19. The van der Waals surface area contributed by atoms with Crippen LogP contribution in [-0.2, 0) is 0 Å². The van der Waals surface area contributed by atoms with Crippen molar-refractivity contribution in [3.8, 4) is 11.5 Å². The van der Waals surface area contributed by atoms with Gasteiger partial charge in [0.25, 0.3) is 5.91 Å². The van der Waals surface area contributed by atoms with Crippen LogP contribution in [0.15, 0.2) is 48.5 Å². The monoisotopic (exact) mass is 359 g/mol. The van der Waals surface area contributed by atoms with E-state index in [-0.39, 0.29) is 5.91 Å². The maximum Gasteiger partial charge on any atom is 0.253 e. The standard InChI is InChI=1S/C20H22ClNO3/c1-22(11-12-24-19-4-2-3-17(21)13-19)20(23)16-7-9-18(10-8-16)25-14-15-5-6-15/h2-4,7-10,13,15H,5-6,11-12,14H2,1H3. The summed E-state index contributed by atoms with van der Waals surface area (Å²) in [6, 6.07) is 14.5. The lowest BCUT2D eigenvalue weighted by atomic mass is 10.2. The highest BCUT2D eigenvalue weighted by Gasteiger charge is 2.22. The molecule has 0 unspecified atom stereocenters. The van der Waals surface area contributed by atoms with Crippen LogP contribution in [0.5, 0.6) is 11.5 Å². The summed E-state index contributed by atoms with van der Waals surface area (Å²) in [6.45, 7) is 1.67. The molecule has 0 aromatic heterocycles. The summed E-state index contributed by atoms with van der Waals surface area (Å²) < 4.78 is 11.3. The number of likely N-dealkylation sites (N-methyl/N-ethyl adjacent to an activating group) is 1. The Labute approximate surface area is 153 Å². The van der Waals surface area contributed by atoms with Crippen molar-refractivity contribution in [2.75, 3.05) is 26.8 Å². The molecule has 1 fully saturated rings. The second kappa shape index (κ2) is 8.26. The van der Waals surface area contributed by atoms with Crippen molar-refractivity contribution < 1.29 is 14.3 Å². The number of amides is 1. The van der Waals surface area contributed by atoms with Gasteiger partial charge in [-0.1, -0.05) is 17.7 Å². The van der Waals surface area contributed by atoms with Gasteiger partial charge >= 0.3 is 0 Å². The van der Waals surface area contributed by atoms with Gasteiger partial charge in [0.05, 0.1) is 13.2 Å². The molecule has 0 radical (unpaired) electrons. The number of carbonyl (C=O) groups excluding carboxylic acids is 1. The lowest BCUT2D eigenvalue weighted by Gasteiger charge is -2.18. The average Bonchev–Trinajstić information content (AvgIpc) is 3.44. The van der Waals surface area contributed by atoms with Crippen molar-refractivity contribution >= 4 is 17.5 Å². The summed E-state index contributed by atoms with van der Waals surface area (Å²) >= 11 is 5.92. The second-order valence-electron chi connectivity index (χ2n) is 6.31. The van der Waals surface area contributed by atoms with E-state index in [0.717, 1.165) is 12.4 Å². The Morgan fingerprint density at radius 1 is 1.12 bits per heavy atom. The van der Waals surface area contributed by atoms with Crippen LogP contribution in [0.2, 0.25) is 5.02 Å². The van der Waals surface area contributed by atoms with Crippen LogP contribution in [0, 0.1) is 5.92 Å². The molecule has 0 N–H and O–H groups in total. The fourth-order valence-corrected chi connectivity index (χ4v) is 2.55. The van der Waals surface area contributed by atoms with Gasteiger partial charge < -0.3 is 14.4 Å². The zero-order chi connectivity index (χ0) is 17.6. The quantitative estimate of drug-likeness (QED) is 0.706. The fraction of sp³-hybridized carbons (Fsp3) is 0.350. The minimum Gasteiger partial charge on any atom is -0.493 e. The molecule has 0 spiro atoms. The number of rotatable bonds is 8. The van der Waals surface area contributed by atoms with E-state index in [1.165, 1.54) is 12.8 Å². The van der Waals surface area contributed by atoms with Gasteiger partial charge in [0.15, 0.2) is 0 Å². The number of halogens is 1. The molecule has 3 rings (SSSR count). The number of nitrogens with zero attached hydrogens (tertiary/aromatic N) is 1. The minimum absolute atomic E-state index is 0.0385. The number of hydrogen-bond acceptors (Lipinski definition) is 3.